The molecule has 23 heavy (non-hydrogen) atoms. The molecule has 3 rings (SSSR count). The van der Waals surface area contributed by atoms with E-state index in [1.807, 2.05) is 6.08 Å². The van der Waals surface area contributed by atoms with Gasteiger partial charge in [0.1, 0.15) is 0 Å². The summed E-state index contributed by atoms with van der Waals surface area (Å²) in [5.74, 6) is 1.55. The zero-order chi connectivity index (χ0) is 16.6. The lowest BCUT2D eigenvalue weighted by atomic mass is 9.63. The normalized spacial score (nSPS) is 35.6. The van der Waals surface area contributed by atoms with Crippen molar-refractivity contribution in [3.05, 3.63) is 35.1 Å². The molecule has 3 aliphatic rings. The molecule has 0 radical (unpaired) electrons. The van der Waals surface area contributed by atoms with Gasteiger partial charge in [0, 0.05) is 0 Å². The third-order valence-corrected chi connectivity index (χ3v) is 6.01. The highest BCUT2D eigenvalue weighted by atomic mass is 16.5. The average Bonchev–Trinajstić information content (AvgIpc) is 2.46. The SMILES string of the molecule is CCCCCC1=CC2OC(C)(C)[C@H]3CCC(C)=CC3C2C(O)=C1. The van der Waals surface area contributed by atoms with E-state index in [0.29, 0.717) is 17.6 Å². The third-order valence-electron chi connectivity index (χ3n) is 6.01. The molecule has 0 aromatic carbocycles. The largest absolute Gasteiger partial charge is 0.512 e. The second kappa shape index (κ2) is 6.47. The highest BCUT2D eigenvalue weighted by Gasteiger charge is 2.51. The maximum atomic E-state index is 10.7. The number of allylic oxidation sites excluding steroid dienone is 4. The van der Waals surface area contributed by atoms with Crippen LogP contribution in [-0.2, 0) is 4.74 Å². The van der Waals surface area contributed by atoms with E-state index >= 15 is 0 Å². The molecule has 3 unspecified atom stereocenters. The Morgan fingerprint density at radius 3 is 2.78 bits per heavy atom. The lowest BCUT2D eigenvalue weighted by molar-refractivity contribution is -0.170. The molecule has 2 nitrogen and oxygen atoms in total. The summed E-state index contributed by atoms with van der Waals surface area (Å²) in [6.45, 7) is 8.91. The van der Waals surface area contributed by atoms with Crippen LogP contribution in [-0.4, -0.2) is 16.8 Å². The Balaban J connectivity index is 1.86. The van der Waals surface area contributed by atoms with Gasteiger partial charge in [-0.15, -0.1) is 0 Å². The summed E-state index contributed by atoms with van der Waals surface area (Å²) in [5, 5.41) is 10.7. The van der Waals surface area contributed by atoms with E-state index in [4.69, 9.17) is 4.74 Å². The van der Waals surface area contributed by atoms with Crippen molar-refractivity contribution in [1.29, 1.82) is 0 Å². The maximum Gasteiger partial charge on any atom is 0.0991 e. The topological polar surface area (TPSA) is 29.5 Å². The first-order valence-corrected chi connectivity index (χ1v) is 9.38. The molecular formula is C21H32O2. The number of fused-ring (bicyclic) bond motifs is 3. The maximum absolute atomic E-state index is 10.7. The van der Waals surface area contributed by atoms with Crippen LogP contribution in [0.2, 0.25) is 0 Å². The van der Waals surface area contributed by atoms with Crippen molar-refractivity contribution in [1.82, 2.24) is 0 Å². The summed E-state index contributed by atoms with van der Waals surface area (Å²) in [6, 6.07) is 0. The van der Waals surface area contributed by atoms with Gasteiger partial charge in [-0.05, 0) is 69.9 Å². The van der Waals surface area contributed by atoms with Gasteiger partial charge in [-0.25, -0.2) is 0 Å². The molecule has 2 aliphatic carbocycles. The standard InChI is InChI=1S/C21H32O2/c1-5-6-7-8-15-12-18(22)20-16-11-14(2)9-10-17(16)21(3,4)23-19(20)13-15/h11-13,16-17,19-20,22H,5-10H2,1-4H3/t16?,17-,19?,20?/m0/s1. The Kier molecular flexibility index (Phi) is 4.73. The van der Waals surface area contributed by atoms with Crippen LogP contribution in [0.4, 0.5) is 0 Å². The lowest BCUT2D eigenvalue weighted by Crippen LogP contribution is -2.54. The lowest BCUT2D eigenvalue weighted by Gasteiger charge is -2.52. The van der Waals surface area contributed by atoms with Gasteiger partial charge in [0.05, 0.1) is 23.4 Å². The summed E-state index contributed by atoms with van der Waals surface area (Å²) in [7, 11) is 0. The van der Waals surface area contributed by atoms with Crippen molar-refractivity contribution >= 4 is 0 Å². The number of unbranched alkanes of at least 4 members (excludes halogenated alkanes) is 2. The van der Waals surface area contributed by atoms with Crippen LogP contribution < -0.4 is 0 Å². The fraction of sp³-hybridized carbons (Fsp3) is 0.714. The summed E-state index contributed by atoms with van der Waals surface area (Å²) in [4.78, 5) is 0. The Morgan fingerprint density at radius 1 is 1.26 bits per heavy atom. The Morgan fingerprint density at radius 2 is 2.04 bits per heavy atom. The quantitative estimate of drug-likeness (QED) is 0.531. The highest BCUT2D eigenvalue weighted by molar-refractivity contribution is 5.33. The van der Waals surface area contributed by atoms with Crippen molar-refractivity contribution in [3.63, 3.8) is 0 Å². The molecule has 0 bridgehead atoms. The summed E-state index contributed by atoms with van der Waals surface area (Å²) < 4.78 is 6.48. The van der Waals surface area contributed by atoms with Crippen LogP contribution in [0.25, 0.3) is 0 Å². The molecule has 1 N–H and O–H groups in total. The summed E-state index contributed by atoms with van der Waals surface area (Å²) in [5.41, 5.74) is 2.60. The van der Waals surface area contributed by atoms with Crippen LogP contribution in [0.15, 0.2) is 35.1 Å². The van der Waals surface area contributed by atoms with Crippen LogP contribution >= 0.6 is 0 Å². The first-order valence-electron chi connectivity index (χ1n) is 9.38. The number of hydrogen-bond donors (Lipinski definition) is 1. The first kappa shape index (κ1) is 16.8. The van der Waals surface area contributed by atoms with E-state index < -0.39 is 0 Å². The van der Waals surface area contributed by atoms with Crippen molar-refractivity contribution in [2.75, 3.05) is 0 Å². The zero-order valence-electron chi connectivity index (χ0n) is 15.1. The smallest absolute Gasteiger partial charge is 0.0991 e. The molecule has 0 amide bonds. The van der Waals surface area contributed by atoms with E-state index in [-0.39, 0.29) is 17.6 Å². The van der Waals surface area contributed by atoms with E-state index in [1.165, 1.54) is 36.8 Å². The molecule has 2 heteroatoms. The van der Waals surface area contributed by atoms with E-state index in [9.17, 15) is 5.11 Å². The predicted molar refractivity (Wildman–Crippen MR) is 95.3 cm³/mol. The fourth-order valence-corrected chi connectivity index (χ4v) is 4.78. The number of hydrogen-bond acceptors (Lipinski definition) is 2. The molecule has 1 heterocycles. The van der Waals surface area contributed by atoms with Gasteiger partial charge in [-0.1, -0.05) is 37.5 Å². The third kappa shape index (κ3) is 3.28. The van der Waals surface area contributed by atoms with Crippen molar-refractivity contribution in [3.8, 4) is 0 Å². The minimum absolute atomic E-state index is 0.0232. The average molecular weight is 316 g/mol. The number of rotatable bonds is 4. The summed E-state index contributed by atoms with van der Waals surface area (Å²) >= 11 is 0. The molecule has 4 atom stereocenters. The number of aliphatic hydroxyl groups is 1. The minimum Gasteiger partial charge on any atom is -0.512 e. The zero-order valence-corrected chi connectivity index (χ0v) is 15.1. The summed E-state index contributed by atoms with van der Waals surface area (Å²) in [6.07, 6.45) is 13.8. The van der Waals surface area contributed by atoms with Gasteiger partial charge in [0.2, 0.25) is 0 Å². The van der Waals surface area contributed by atoms with Gasteiger partial charge in [0.25, 0.3) is 0 Å². The molecular weight excluding hydrogens is 284 g/mol. The van der Waals surface area contributed by atoms with Crippen LogP contribution in [0.5, 0.6) is 0 Å². The van der Waals surface area contributed by atoms with Crippen LogP contribution in [0, 0.1) is 17.8 Å². The Hall–Kier alpha value is -1.02. The molecule has 128 valence electrons. The van der Waals surface area contributed by atoms with Crippen LogP contribution in [0.3, 0.4) is 0 Å². The van der Waals surface area contributed by atoms with Gasteiger partial charge >= 0.3 is 0 Å². The second-order valence-electron chi connectivity index (χ2n) is 8.22. The molecule has 1 aliphatic heterocycles. The van der Waals surface area contributed by atoms with Crippen molar-refractivity contribution < 1.29 is 9.84 Å². The van der Waals surface area contributed by atoms with Crippen molar-refractivity contribution in [2.45, 2.75) is 77.9 Å². The molecule has 0 aromatic heterocycles. The predicted octanol–water partition coefficient (Wildman–Crippen LogP) is 5.71. The van der Waals surface area contributed by atoms with E-state index in [2.05, 4.69) is 39.8 Å². The molecule has 0 aromatic rings. The molecule has 1 saturated heterocycles. The van der Waals surface area contributed by atoms with E-state index in [0.717, 1.165) is 12.8 Å². The molecule has 0 spiro atoms. The van der Waals surface area contributed by atoms with Gasteiger partial charge in [-0.2, -0.15) is 0 Å². The van der Waals surface area contributed by atoms with Crippen LogP contribution in [0.1, 0.15) is 66.2 Å². The first-order chi connectivity index (χ1) is 10.9. The van der Waals surface area contributed by atoms with E-state index in [1.54, 1.807) is 0 Å². The number of aliphatic hydroxyl groups excluding tert-OH is 1. The Labute approximate surface area is 141 Å². The highest BCUT2D eigenvalue weighted by Crippen LogP contribution is 2.51. The Bertz CT molecular complexity index is 538. The van der Waals surface area contributed by atoms with Gasteiger partial charge in [-0.3, -0.25) is 0 Å². The fourth-order valence-electron chi connectivity index (χ4n) is 4.78. The van der Waals surface area contributed by atoms with Gasteiger partial charge in [0.15, 0.2) is 0 Å². The van der Waals surface area contributed by atoms with Gasteiger partial charge < -0.3 is 9.84 Å². The molecule has 1 fully saturated rings. The van der Waals surface area contributed by atoms with Crippen molar-refractivity contribution in [2.24, 2.45) is 17.8 Å². The number of ether oxygens (including phenoxy) is 1. The second-order valence-corrected chi connectivity index (χ2v) is 8.22. The minimum atomic E-state index is -0.119. The monoisotopic (exact) mass is 316 g/mol. The molecule has 0 saturated carbocycles.